The SMILES string of the molecule is CN(CCC(=O)O)C(=O)c1cccc2cc[nH]c12. The van der Waals surface area contributed by atoms with Gasteiger partial charge in [0.15, 0.2) is 0 Å². The van der Waals surface area contributed by atoms with E-state index in [2.05, 4.69) is 4.98 Å². The molecular weight excluding hydrogens is 232 g/mol. The molecule has 0 bridgehead atoms. The highest BCUT2D eigenvalue weighted by Gasteiger charge is 2.15. The van der Waals surface area contributed by atoms with Crippen molar-refractivity contribution in [3.05, 3.63) is 36.0 Å². The number of carboxylic acid groups (broad SMARTS) is 1. The highest BCUT2D eigenvalue weighted by molar-refractivity contribution is 6.05. The molecule has 0 aliphatic heterocycles. The molecular formula is C13H14N2O3. The topological polar surface area (TPSA) is 73.4 Å². The summed E-state index contributed by atoms with van der Waals surface area (Å²) in [5.41, 5.74) is 1.34. The standard InChI is InChI=1S/C13H14N2O3/c1-15(8-6-11(16)17)13(18)10-4-2-3-9-5-7-14-12(9)10/h2-5,7,14H,6,8H2,1H3,(H,16,17). The molecule has 0 atom stereocenters. The lowest BCUT2D eigenvalue weighted by Gasteiger charge is -2.16. The summed E-state index contributed by atoms with van der Waals surface area (Å²) in [5.74, 6) is -1.09. The number of aromatic amines is 1. The van der Waals surface area contributed by atoms with Crippen LogP contribution >= 0.6 is 0 Å². The van der Waals surface area contributed by atoms with Gasteiger partial charge in [-0.2, -0.15) is 0 Å². The van der Waals surface area contributed by atoms with Gasteiger partial charge in [-0.15, -0.1) is 0 Å². The summed E-state index contributed by atoms with van der Waals surface area (Å²) in [6, 6.07) is 7.36. The molecule has 2 N–H and O–H groups in total. The first-order valence-electron chi connectivity index (χ1n) is 5.63. The first-order valence-corrected chi connectivity index (χ1v) is 5.63. The predicted molar refractivity (Wildman–Crippen MR) is 67.5 cm³/mol. The second kappa shape index (κ2) is 4.91. The number of aliphatic carboxylic acids is 1. The molecule has 2 aromatic rings. The van der Waals surface area contributed by atoms with Gasteiger partial charge >= 0.3 is 5.97 Å². The van der Waals surface area contributed by atoms with Crippen LogP contribution < -0.4 is 0 Å². The summed E-state index contributed by atoms with van der Waals surface area (Å²) >= 11 is 0. The Labute approximate surface area is 104 Å². The number of hydrogen-bond donors (Lipinski definition) is 2. The number of para-hydroxylation sites is 1. The van der Waals surface area contributed by atoms with Crippen LogP contribution in [0.3, 0.4) is 0 Å². The van der Waals surface area contributed by atoms with Crippen molar-refractivity contribution in [1.29, 1.82) is 0 Å². The van der Waals surface area contributed by atoms with Crippen LogP contribution in [-0.2, 0) is 4.79 Å². The Hall–Kier alpha value is -2.30. The molecule has 0 aliphatic rings. The largest absolute Gasteiger partial charge is 0.481 e. The molecule has 1 heterocycles. The molecule has 0 radical (unpaired) electrons. The number of benzene rings is 1. The van der Waals surface area contributed by atoms with E-state index in [1.807, 2.05) is 18.2 Å². The van der Waals surface area contributed by atoms with Crippen LogP contribution in [0.15, 0.2) is 30.5 Å². The number of nitrogens with one attached hydrogen (secondary N) is 1. The second-order valence-corrected chi connectivity index (χ2v) is 4.12. The zero-order valence-electron chi connectivity index (χ0n) is 10.0. The van der Waals surface area contributed by atoms with Gasteiger partial charge in [0.1, 0.15) is 0 Å². The van der Waals surface area contributed by atoms with Crippen LogP contribution in [0.4, 0.5) is 0 Å². The number of aromatic nitrogens is 1. The van der Waals surface area contributed by atoms with Crippen molar-refractivity contribution >= 4 is 22.8 Å². The number of amides is 1. The molecule has 0 aliphatic carbocycles. The third-order valence-electron chi connectivity index (χ3n) is 2.83. The van der Waals surface area contributed by atoms with Crippen molar-refractivity contribution in [2.45, 2.75) is 6.42 Å². The number of hydrogen-bond acceptors (Lipinski definition) is 2. The van der Waals surface area contributed by atoms with Crippen LogP contribution in [0, 0.1) is 0 Å². The van der Waals surface area contributed by atoms with E-state index in [0.29, 0.717) is 5.56 Å². The maximum Gasteiger partial charge on any atom is 0.305 e. The Kier molecular flexibility index (Phi) is 3.32. The number of fused-ring (bicyclic) bond motifs is 1. The molecule has 0 saturated carbocycles. The minimum atomic E-state index is -0.910. The predicted octanol–water partition coefficient (Wildman–Crippen LogP) is 1.71. The normalized spacial score (nSPS) is 10.5. The molecule has 5 heteroatoms. The van der Waals surface area contributed by atoms with Crippen molar-refractivity contribution in [1.82, 2.24) is 9.88 Å². The first-order chi connectivity index (χ1) is 8.59. The summed E-state index contributed by atoms with van der Waals surface area (Å²) in [4.78, 5) is 27.1. The summed E-state index contributed by atoms with van der Waals surface area (Å²) in [7, 11) is 1.60. The van der Waals surface area contributed by atoms with Crippen LogP contribution in [0.25, 0.3) is 10.9 Å². The average Bonchev–Trinajstić information content (AvgIpc) is 2.82. The number of carboxylic acids is 1. The van der Waals surface area contributed by atoms with E-state index in [-0.39, 0.29) is 18.9 Å². The van der Waals surface area contributed by atoms with Gasteiger partial charge in [0, 0.05) is 25.2 Å². The highest BCUT2D eigenvalue weighted by atomic mass is 16.4. The van der Waals surface area contributed by atoms with E-state index in [1.165, 1.54) is 4.90 Å². The van der Waals surface area contributed by atoms with Gasteiger partial charge in [-0.3, -0.25) is 9.59 Å². The van der Waals surface area contributed by atoms with Crippen LogP contribution in [0.2, 0.25) is 0 Å². The van der Waals surface area contributed by atoms with Gasteiger partial charge in [-0.25, -0.2) is 0 Å². The zero-order chi connectivity index (χ0) is 13.1. The third-order valence-corrected chi connectivity index (χ3v) is 2.83. The Morgan fingerprint density at radius 1 is 1.33 bits per heavy atom. The molecule has 18 heavy (non-hydrogen) atoms. The quantitative estimate of drug-likeness (QED) is 0.862. The van der Waals surface area contributed by atoms with E-state index in [1.54, 1.807) is 19.3 Å². The first kappa shape index (κ1) is 12.2. The minimum Gasteiger partial charge on any atom is -0.481 e. The summed E-state index contributed by atoms with van der Waals surface area (Å²) in [5, 5.41) is 9.57. The summed E-state index contributed by atoms with van der Waals surface area (Å²) in [6.45, 7) is 0.200. The molecule has 0 unspecified atom stereocenters. The number of rotatable bonds is 4. The van der Waals surface area contributed by atoms with Crippen molar-refractivity contribution < 1.29 is 14.7 Å². The van der Waals surface area contributed by atoms with E-state index in [9.17, 15) is 9.59 Å². The highest BCUT2D eigenvalue weighted by Crippen LogP contribution is 2.18. The van der Waals surface area contributed by atoms with Crippen molar-refractivity contribution in [3.63, 3.8) is 0 Å². The van der Waals surface area contributed by atoms with Crippen LogP contribution in [0.5, 0.6) is 0 Å². The van der Waals surface area contributed by atoms with Gasteiger partial charge in [-0.1, -0.05) is 12.1 Å². The molecule has 0 fully saturated rings. The molecule has 94 valence electrons. The van der Waals surface area contributed by atoms with E-state index < -0.39 is 5.97 Å². The molecule has 1 amide bonds. The Morgan fingerprint density at radius 2 is 2.11 bits per heavy atom. The maximum atomic E-state index is 12.2. The van der Waals surface area contributed by atoms with Crippen LogP contribution in [0.1, 0.15) is 16.8 Å². The van der Waals surface area contributed by atoms with Crippen molar-refractivity contribution in [2.75, 3.05) is 13.6 Å². The Morgan fingerprint density at radius 3 is 2.83 bits per heavy atom. The lowest BCUT2D eigenvalue weighted by molar-refractivity contribution is -0.137. The molecule has 2 rings (SSSR count). The van der Waals surface area contributed by atoms with E-state index in [4.69, 9.17) is 5.11 Å². The van der Waals surface area contributed by atoms with E-state index >= 15 is 0 Å². The molecule has 1 aromatic carbocycles. The molecule has 0 saturated heterocycles. The molecule has 5 nitrogen and oxygen atoms in total. The third kappa shape index (κ3) is 2.34. The number of nitrogens with zero attached hydrogens (tertiary/aromatic N) is 1. The molecule has 0 spiro atoms. The maximum absolute atomic E-state index is 12.2. The minimum absolute atomic E-state index is 0.0526. The van der Waals surface area contributed by atoms with Gasteiger partial charge in [-0.05, 0) is 12.1 Å². The number of H-pyrrole nitrogens is 1. The summed E-state index contributed by atoms with van der Waals surface area (Å²) in [6.07, 6.45) is 1.72. The lowest BCUT2D eigenvalue weighted by Crippen LogP contribution is -2.29. The summed E-state index contributed by atoms with van der Waals surface area (Å²) < 4.78 is 0. The Balaban J connectivity index is 2.22. The second-order valence-electron chi connectivity index (χ2n) is 4.12. The number of carbonyl (C=O) groups excluding carboxylic acids is 1. The fourth-order valence-electron chi connectivity index (χ4n) is 1.83. The smallest absolute Gasteiger partial charge is 0.305 e. The van der Waals surface area contributed by atoms with E-state index in [0.717, 1.165) is 10.9 Å². The Bertz CT molecular complexity index is 589. The van der Waals surface area contributed by atoms with Gasteiger partial charge < -0.3 is 15.0 Å². The zero-order valence-corrected chi connectivity index (χ0v) is 10.0. The average molecular weight is 246 g/mol. The van der Waals surface area contributed by atoms with Crippen molar-refractivity contribution in [3.8, 4) is 0 Å². The fraction of sp³-hybridized carbons (Fsp3) is 0.231. The monoisotopic (exact) mass is 246 g/mol. The van der Waals surface area contributed by atoms with Crippen molar-refractivity contribution in [2.24, 2.45) is 0 Å². The van der Waals surface area contributed by atoms with Gasteiger partial charge in [0.25, 0.3) is 5.91 Å². The fourth-order valence-corrected chi connectivity index (χ4v) is 1.83. The molecule has 1 aromatic heterocycles. The van der Waals surface area contributed by atoms with Gasteiger partial charge in [0.2, 0.25) is 0 Å². The van der Waals surface area contributed by atoms with Gasteiger partial charge in [0.05, 0.1) is 17.5 Å². The lowest BCUT2D eigenvalue weighted by atomic mass is 10.1. The van der Waals surface area contributed by atoms with Crippen LogP contribution in [-0.4, -0.2) is 40.5 Å². The number of carbonyl (C=O) groups is 2.